The minimum absolute atomic E-state index is 0.596. The van der Waals surface area contributed by atoms with Gasteiger partial charge in [0.2, 0.25) is 0 Å². The topological polar surface area (TPSA) is 45.7 Å². The number of para-hydroxylation sites is 1. The molecule has 4 nitrogen and oxygen atoms in total. The Morgan fingerprint density at radius 3 is 2.76 bits per heavy atom. The number of nitrogens with one attached hydrogen (secondary N) is 2. The van der Waals surface area contributed by atoms with Crippen LogP contribution in [0.5, 0.6) is 5.75 Å². The van der Waals surface area contributed by atoms with Crippen molar-refractivity contribution in [2.75, 3.05) is 19.7 Å². The van der Waals surface area contributed by atoms with Crippen LogP contribution in [0.1, 0.15) is 32.8 Å². The average molecular weight is 289 g/mol. The number of ether oxygens (including phenoxy) is 1. The normalized spacial score (nSPS) is 21.0. The monoisotopic (exact) mass is 289 g/mol. The highest BCUT2D eigenvalue weighted by atomic mass is 16.5. The zero-order valence-electron chi connectivity index (χ0n) is 13.4. The molecule has 0 aromatic heterocycles. The molecule has 116 valence electrons. The van der Waals surface area contributed by atoms with Gasteiger partial charge in [0, 0.05) is 19.1 Å². The third kappa shape index (κ3) is 4.96. The Morgan fingerprint density at radius 1 is 1.33 bits per heavy atom. The van der Waals surface area contributed by atoms with Gasteiger partial charge in [0.15, 0.2) is 5.96 Å². The van der Waals surface area contributed by atoms with Gasteiger partial charge in [-0.1, -0.05) is 25.1 Å². The first-order valence-corrected chi connectivity index (χ1v) is 8.00. The zero-order valence-corrected chi connectivity index (χ0v) is 13.4. The van der Waals surface area contributed by atoms with Crippen LogP contribution in [0.15, 0.2) is 29.3 Å². The molecule has 0 amide bonds. The standard InChI is InChI=1S/C17H27N3O/c1-4-18-17(20-15-12-13(15)3)19-11-10-14-8-6-7-9-16(14)21-5-2/h6-9,13,15H,4-5,10-12H2,1-3H3,(H2,18,19,20). The van der Waals surface area contributed by atoms with Crippen molar-refractivity contribution in [2.45, 2.75) is 39.7 Å². The van der Waals surface area contributed by atoms with Gasteiger partial charge in [-0.25, -0.2) is 0 Å². The summed E-state index contributed by atoms with van der Waals surface area (Å²) in [6.07, 6.45) is 2.14. The molecule has 1 fully saturated rings. The van der Waals surface area contributed by atoms with E-state index in [4.69, 9.17) is 4.74 Å². The molecule has 0 heterocycles. The van der Waals surface area contributed by atoms with Gasteiger partial charge in [0.1, 0.15) is 5.75 Å². The van der Waals surface area contributed by atoms with E-state index in [1.807, 2.05) is 19.1 Å². The van der Waals surface area contributed by atoms with Gasteiger partial charge >= 0.3 is 0 Å². The van der Waals surface area contributed by atoms with E-state index in [2.05, 4.69) is 41.6 Å². The summed E-state index contributed by atoms with van der Waals surface area (Å²) in [5.74, 6) is 2.68. The maximum absolute atomic E-state index is 5.65. The Kier molecular flexibility index (Phi) is 5.90. The molecule has 1 aliphatic carbocycles. The molecular formula is C17H27N3O. The lowest BCUT2D eigenvalue weighted by Crippen LogP contribution is -2.39. The summed E-state index contributed by atoms with van der Waals surface area (Å²) in [4.78, 5) is 4.66. The molecule has 2 unspecified atom stereocenters. The van der Waals surface area contributed by atoms with Crippen molar-refractivity contribution in [3.05, 3.63) is 29.8 Å². The number of guanidine groups is 1. The van der Waals surface area contributed by atoms with E-state index >= 15 is 0 Å². The van der Waals surface area contributed by atoms with E-state index in [0.29, 0.717) is 12.6 Å². The Balaban J connectivity index is 1.89. The molecule has 1 aliphatic rings. The lowest BCUT2D eigenvalue weighted by atomic mass is 10.1. The molecular weight excluding hydrogens is 262 g/mol. The highest BCUT2D eigenvalue weighted by molar-refractivity contribution is 5.80. The van der Waals surface area contributed by atoms with Gasteiger partial charge in [0.25, 0.3) is 0 Å². The quantitative estimate of drug-likeness (QED) is 0.599. The number of rotatable bonds is 7. The molecule has 21 heavy (non-hydrogen) atoms. The van der Waals surface area contributed by atoms with Crippen LogP contribution < -0.4 is 15.4 Å². The highest BCUT2D eigenvalue weighted by Gasteiger charge is 2.33. The Bertz CT molecular complexity index is 473. The summed E-state index contributed by atoms with van der Waals surface area (Å²) in [7, 11) is 0. The predicted molar refractivity (Wildman–Crippen MR) is 88.0 cm³/mol. The number of benzene rings is 1. The SMILES string of the molecule is CCNC(=NCCc1ccccc1OCC)NC1CC1C. The van der Waals surface area contributed by atoms with Crippen molar-refractivity contribution in [3.8, 4) is 5.75 Å². The van der Waals surface area contributed by atoms with Crippen molar-refractivity contribution >= 4 is 5.96 Å². The third-order valence-electron chi connectivity index (χ3n) is 3.70. The van der Waals surface area contributed by atoms with Crippen molar-refractivity contribution < 1.29 is 4.74 Å². The maximum Gasteiger partial charge on any atom is 0.191 e. The fraction of sp³-hybridized carbons (Fsp3) is 0.588. The van der Waals surface area contributed by atoms with E-state index in [1.165, 1.54) is 12.0 Å². The number of aliphatic imine (C=N–C) groups is 1. The van der Waals surface area contributed by atoms with Crippen LogP contribution in [0, 0.1) is 5.92 Å². The summed E-state index contributed by atoms with van der Waals surface area (Å²) in [6.45, 7) is 8.73. The first-order chi connectivity index (χ1) is 10.2. The van der Waals surface area contributed by atoms with E-state index in [0.717, 1.165) is 37.1 Å². The van der Waals surface area contributed by atoms with Crippen LogP contribution in [0.25, 0.3) is 0 Å². The lowest BCUT2D eigenvalue weighted by Gasteiger charge is -2.12. The summed E-state index contributed by atoms with van der Waals surface area (Å²) in [6, 6.07) is 8.80. The Labute approximate surface area is 128 Å². The molecule has 2 atom stereocenters. The minimum atomic E-state index is 0.596. The summed E-state index contributed by atoms with van der Waals surface area (Å²) < 4.78 is 5.65. The smallest absolute Gasteiger partial charge is 0.191 e. The average Bonchev–Trinajstić information content (AvgIpc) is 3.16. The fourth-order valence-electron chi connectivity index (χ4n) is 2.31. The van der Waals surface area contributed by atoms with Gasteiger partial charge in [-0.2, -0.15) is 0 Å². The van der Waals surface area contributed by atoms with E-state index in [9.17, 15) is 0 Å². The molecule has 0 saturated heterocycles. The summed E-state index contributed by atoms with van der Waals surface area (Å²) >= 11 is 0. The predicted octanol–water partition coefficient (Wildman–Crippen LogP) is 2.59. The van der Waals surface area contributed by atoms with Crippen LogP contribution in [-0.4, -0.2) is 31.7 Å². The largest absolute Gasteiger partial charge is 0.494 e. The van der Waals surface area contributed by atoms with Crippen LogP contribution in [0.4, 0.5) is 0 Å². The molecule has 4 heteroatoms. The number of hydrogen-bond acceptors (Lipinski definition) is 2. The summed E-state index contributed by atoms with van der Waals surface area (Å²) in [5, 5.41) is 6.78. The molecule has 2 rings (SSSR count). The summed E-state index contributed by atoms with van der Waals surface area (Å²) in [5.41, 5.74) is 1.22. The van der Waals surface area contributed by atoms with Crippen molar-refractivity contribution in [3.63, 3.8) is 0 Å². The maximum atomic E-state index is 5.65. The van der Waals surface area contributed by atoms with Crippen LogP contribution in [-0.2, 0) is 6.42 Å². The van der Waals surface area contributed by atoms with Gasteiger partial charge in [0.05, 0.1) is 6.61 Å². The van der Waals surface area contributed by atoms with Crippen molar-refractivity contribution in [2.24, 2.45) is 10.9 Å². The third-order valence-corrected chi connectivity index (χ3v) is 3.70. The van der Waals surface area contributed by atoms with Crippen LogP contribution >= 0.6 is 0 Å². The first-order valence-electron chi connectivity index (χ1n) is 8.00. The molecule has 1 aromatic rings. The molecule has 1 aromatic carbocycles. The lowest BCUT2D eigenvalue weighted by molar-refractivity contribution is 0.336. The van der Waals surface area contributed by atoms with Gasteiger partial charge in [-0.3, -0.25) is 4.99 Å². The second-order valence-electron chi connectivity index (χ2n) is 5.52. The van der Waals surface area contributed by atoms with Gasteiger partial charge in [-0.05, 0) is 44.2 Å². The Morgan fingerprint density at radius 2 is 2.10 bits per heavy atom. The second kappa shape index (κ2) is 7.91. The molecule has 0 spiro atoms. The molecule has 0 bridgehead atoms. The minimum Gasteiger partial charge on any atom is -0.494 e. The van der Waals surface area contributed by atoms with E-state index < -0.39 is 0 Å². The fourth-order valence-corrected chi connectivity index (χ4v) is 2.31. The van der Waals surface area contributed by atoms with Crippen molar-refractivity contribution in [1.82, 2.24) is 10.6 Å². The van der Waals surface area contributed by atoms with Gasteiger partial charge in [-0.15, -0.1) is 0 Å². The van der Waals surface area contributed by atoms with Crippen LogP contribution in [0.2, 0.25) is 0 Å². The molecule has 1 saturated carbocycles. The molecule has 0 aliphatic heterocycles. The zero-order chi connectivity index (χ0) is 15.1. The number of hydrogen-bond donors (Lipinski definition) is 2. The van der Waals surface area contributed by atoms with Gasteiger partial charge < -0.3 is 15.4 Å². The van der Waals surface area contributed by atoms with Crippen LogP contribution in [0.3, 0.4) is 0 Å². The second-order valence-corrected chi connectivity index (χ2v) is 5.52. The van der Waals surface area contributed by atoms with E-state index in [-0.39, 0.29) is 0 Å². The first kappa shape index (κ1) is 15.7. The highest BCUT2D eigenvalue weighted by Crippen LogP contribution is 2.28. The Hall–Kier alpha value is -1.71. The van der Waals surface area contributed by atoms with Crippen molar-refractivity contribution in [1.29, 1.82) is 0 Å². The number of nitrogens with zero attached hydrogens (tertiary/aromatic N) is 1. The molecule has 0 radical (unpaired) electrons. The molecule has 2 N–H and O–H groups in total. The van der Waals surface area contributed by atoms with E-state index in [1.54, 1.807) is 0 Å².